The van der Waals surface area contributed by atoms with Crippen molar-refractivity contribution in [2.24, 2.45) is 0 Å². The molecule has 0 bridgehead atoms. The number of aliphatic hydroxyl groups is 5. The highest BCUT2D eigenvalue weighted by Crippen LogP contribution is 2.22. The molecule has 0 spiro atoms. The number of amides is 1. The maximum Gasteiger partial charge on any atom is 0.305 e. The summed E-state index contributed by atoms with van der Waals surface area (Å²) in [6.07, 6.45) is 40.2. The molecule has 0 saturated carbocycles. The number of allylic oxidation sites excluding steroid dienone is 11. The molecule has 0 aliphatic carbocycles. The second-order valence-corrected chi connectivity index (χ2v) is 16.1. The lowest BCUT2D eigenvalue weighted by Gasteiger charge is -2.40. The SMILES string of the molecule is C/C=C/CC/C=C/CC/C=C/C(O)C(COC1OC(CO)C(O)C(O)C1O)NC(=O)CC/C=C\C/C=C\CCCCCCCCOC(=O)CCCCCCC/C=C\CCCC. The molecule has 11 nitrogen and oxygen atoms in total. The fourth-order valence-electron chi connectivity index (χ4n) is 6.74. The lowest BCUT2D eigenvalue weighted by Crippen LogP contribution is -2.60. The van der Waals surface area contributed by atoms with E-state index in [2.05, 4.69) is 54.8 Å². The van der Waals surface area contributed by atoms with Crippen LogP contribution in [0, 0.1) is 0 Å². The molecular weight excluding hydrogens is 775 g/mol. The Morgan fingerprint density at radius 1 is 0.639 bits per heavy atom. The van der Waals surface area contributed by atoms with Gasteiger partial charge in [0.05, 0.1) is 32.0 Å². The van der Waals surface area contributed by atoms with Gasteiger partial charge >= 0.3 is 5.97 Å². The highest BCUT2D eigenvalue weighted by Gasteiger charge is 2.44. The van der Waals surface area contributed by atoms with Crippen LogP contribution in [0.3, 0.4) is 0 Å². The third-order valence-corrected chi connectivity index (χ3v) is 10.6. The molecule has 0 aromatic heterocycles. The first-order chi connectivity index (χ1) is 29.7. The molecule has 1 rings (SSSR count). The number of hydrogen-bond acceptors (Lipinski definition) is 10. The molecule has 6 N–H and O–H groups in total. The van der Waals surface area contributed by atoms with Crippen LogP contribution in [0.2, 0.25) is 0 Å². The van der Waals surface area contributed by atoms with Crippen LogP contribution in [0.25, 0.3) is 0 Å². The average Bonchev–Trinajstić information content (AvgIpc) is 3.25. The third-order valence-electron chi connectivity index (χ3n) is 10.6. The molecule has 7 unspecified atom stereocenters. The molecule has 1 aliphatic rings. The summed E-state index contributed by atoms with van der Waals surface area (Å²) in [6.45, 7) is 3.91. The van der Waals surface area contributed by atoms with Gasteiger partial charge in [-0.05, 0) is 90.4 Å². The lowest BCUT2D eigenvalue weighted by atomic mass is 9.99. The quantitative estimate of drug-likeness (QED) is 0.0200. The summed E-state index contributed by atoms with van der Waals surface area (Å²) in [6, 6.07) is -0.878. The maximum atomic E-state index is 12.9. The first-order valence-electron chi connectivity index (χ1n) is 23.7. The second kappa shape index (κ2) is 39.9. The first-order valence-corrected chi connectivity index (χ1v) is 23.7. The molecule has 1 fully saturated rings. The van der Waals surface area contributed by atoms with Crippen molar-refractivity contribution in [3.8, 4) is 0 Å². The predicted octanol–water partition coefficient (Wildman–Crippen LogP) is 8.93. The number of nitrogens with one attached hydrogen (secondary N) is 1. The Hall–Kier alpha value is -2.90. The highest BCUT2D eigenvalue weighted by atomic mass is 16.7. The summed E-state index contributed by atoms with van der Waals surface area (Å²) in [5, 5.41) is 53.9. The van der Waals surface area contributed by atoms with Crippen LogP contribution in [0.1, 0.15) is 168 Å². The molecule has 1 amide bonds. The molecule has 11 heteroatoms. The van der Waals surface area contributed by atoms with Crippen LogP contribution in [0.5, 0.6) is 0 Å². The summed E-state index contributed by atoms with van der Waals surface area (Å²) in [7, 11) is 0. The number of carbonyl (C=O) groups is 2. The van der Waals surface area contributed by atoms with Gasteiger partial charge in [0, 0.05) is 12.8 Å². The fraction of sp³-hybridized carbons (Fsp3) is 0.720. The van der Waals surface area contributed by atoms with Gasteiger partial charge < -0.3 is 45.1 Å². The Bertz CT molecular complexity index is 1240. The minimum atomic E-state index is -1.60. The van der Waals surface area contributed by atoms with E-state index in [1.165, 1.54) is 57.8 Å². The van der Waals surface area contributed by atoms with Gasteiger partial charge in [-0.3, -0.25) is 9.59 Å². The first kappa shape index (κ1) is 56.1. The molecule has 0 radical (unpaired) electrons. The topological polar surface area (TPSA) is 175 Å². The van der Waals surface area contributed by atoms with Gasteiger partial charge in [-0.1, -0.05) is 138 Å². The molecule has 0 aromatic carbocycles. The summed E-state index contributed by atoms with van der Waals surface area (Å²) in [5.74, 6) is -0.338. The van der Waals surface area contributed by atoms with E-state index in [1.807, 2.05) is 31.2 Å². The van der Waals surface area contributed by atoms with Crippen LogP contribution in [-0.4, -0.2) is 100 Å². The van der Waals surface area contributed by atoms with Gasteiger partial charge in [0.25, 0.3) is 0 Å². The van der Waals surface area contributed by atoms with Gasteiger partial charge in [0.15, 0.2) is 6.29 Å². The van der Waals surface area contributed by atoms with Crippen LogP contribution >= 0.6 is 0 Å². The third kappa shape index (κ3) is 30.7. The summed E-state index contributed by atoms with van der Waals surface area (Å²) < 4.78 is 16.5. The summed E-state index contributed by atoms with van der Waals surface area (Å²) >= 11 is 0. The molecular formula is C50H85NO10. The highest BCUT2D eigenvalue weighted by molar-refractivity contribution is 5.76. The van der Waals surface area contributed by atoms with E-state index in [-0.39, 0.29) is 24.9 Å². The van der Waals surface area contributed by atoms with Gasteiger partial charge in [0.1, 0.15) is 24.4 Å². The van der Waals surface area contributed by atoms with Crippen molar-refractivity contribution in [3.05, 3.63) is 72.9 Å². The Labute approximate surface area is 369 Å². The zero-order valence-corrected chi connectivity index (χ0v) is 37.8. The van der Waals surface area contributed by atoms with Gasteiger partial charge in [-0.25, -0.2) is 0 Å². The number of unbranched alkanes of at least 4 members (excludes halogenated alkanes) is 15. The van der Waals surface area contributed by atoms with Crippen molar-refractivity contribution in [3.63, 3.8) is 0 Å². The van der Waals surface area contributed by atoms with Crippen molar-refractivity contribution in [2.45, 2.75) is 211 Å². The smallest absolute Gasteiger partial charge is 0.305 e. The standard InChI is InChI=1S/C50H85NO10/c1-3-5-7-9-11-13-17-22-26-30-34-38-46(55)59-39-35-31-27-23-19-16-14-15-18-21-25-29-33-37-45(54)51-42(43(53)36-32-28-24-20-12-10-8-6-4-2)41-60-50-49(58)48(57)47(56)44(40-52)61-50/h4,6,9,11-12,15,18,20,25,29,32,36,42-44,47-50,52-53,56-58H,3,5,7-8,10,13-14,16-17,19,21-24,26-28,30-31,33-35,37-41H2,1-2H3,(H,51,54)/b6-4+,11-9-,18-15-,20-12+,29-25-,36-32+. The van der Waals surface area contributed by atoms with Crippen LogP contribution < -0.4 is 5.32 Å². The van der Waals surface area contributed by atoms with E-state index in [0.717, 1.165) is 70.6 Å². The molecule has 0 aromatic rings. The minimum absolute atomic E-state index is 0.0544. The van der Waals surface area contributed by atoms with E-state index < -0.39 is 49.5 Å². The van der Waals surface area contributed by atoms with Crippen LogP contribution in [-0.2, 0) is 23.8 Å². The molecule has 1 saturated heterocycles. The van der Waals surface area contributed by atoms with E-state index in [9.17, 15) is 35.1 Å². The van der Waals surface area contributed by atoms with Crippen molar-refractivity contribution in [1.82, 2.24) is 5.32 Å². The number of esters is 1. The molecule has 350 valence electrons. The van der Waals surface area contributed by atoms with Crippen molar-refractivity contribution in [2.75, 3.05) is 19.8 Å². The van der Waals surface area contributed by atoms with E-state index in [1.54, 1.807) is 6.08 Å². The van der Waals surface area contributed by atoms with E-state index in [0.29, 0.717) is 25.9 Å². The largest absolute Gasteiger partial charge is 0.466 e. The fourth-order valence-corrected chi connectivity index (χ4v) is 6.74. The Morgan fingerprint density at radius 3 is 1.85 bits per heavy atom. The van der Waals surface area contributed by atoms with Crippen molar-refractivity contribution in [1.29, 1.82) is 0 Å². The normalized spacial score (nSPS) is 20.9. The molecule has 7 atom stereocenters. The van der Waals surface area contributed by atoms with Gasteiger partial charge in [0.2, 0.25) is 5.91 Å². The summed E-state index contributed by atoms with van der Waals surface area (Å²) in [4.78, 5) is 24.9. The average molecular weight is 860 g/mol. The number of rotatable bonds is 38. The van der Waals surface area contributed by atoms with Crippen LogP contribution in [0.4, 0.5) is 0 Å². The van der Waals surface area contributed by atoms with Gasteiger partial charge in [-0.15, -0.1) is 0 Å². The van der Waals surface area contributed by atoms with Crippen LogP contribution in [0.15, 0.2) is 72.9 Å². The monoisotopic (exact) mass is 860 g/mol. The Morgan fingerprint density at radius 2 is 1.20 bits per heavy atom. The summed E-state index contributed by atoms with van der Waals surface area (Å²) in [5.41, 5.74) is 0. The van der Waals surface area contributed by atoms with Gasteiger partial charge in [-0.2, -0.15) is 0 Å². The minimum Gasteiger partial charge on any atom is -0.466 e. The predicted molar refractivity (Wildman–Crippen MR) is 246 cm³/mol. The maximum absolute atomic E-state index is 12.9. The lowest BCUT2D eigenvalue weighted by molar-refractivity contribution is -0.302. The van der Waals surface area contributed by atoms with E-state index >= 15 is 0 Å². The number of carbonyl (C=O) groups excluding carboxylic acids is 2. The number of aliphatic hydroxyl groups excluding tert-OH is 5. The number of ether oxygens (including phenoxy) is 3. The molecule has 61 heavy (non-hydrogen) atoms. The second-order valence-electron chi connectivity index (χ2n) is 16.1. The number of hydrogen-bond donors (Lipinski definition) is 6. The van der Waals surface area contributed by atoms with E-state index in [4.69, 9.17) is 14.2 Å². The molecule has 1 heterocycles. The Kier molecular flexibility index (Phi) is 36.7. The van der Waals surface area contributed by atoms with Crippen molar-refractivity contribution >= 4 is 11.9 Å². The molecule has 1 aliphatic heterocycles. The Balaban J connectivity index is 2.24. The zero-order valence-electron chi connectivity index (χ0n) is 37.8. The van der Waals surface area contributed by atoms with Crippen molar-refractivity contribution < 1.29 is 49.3 Å². The zero-order chi connectivity index (χ0) is 44.6.